The van der Waals surface area contributed by atoms with Crippen molar-refractivity contribution in [2.45, 2.75) is 6.92 Å². The Bertz CT molecular complexity index is 1110. The maximum Gasteiger partial charge on any atom is 0.282 e. The van der Waals surface area contributed by atoms with Crippen molar-refractivity contribution in [2.24, 2.45) is 0 Å². The average molecular weight is 417 g/mol. The van der Waals surface area contributed by atoms with E-state index >= 15 is 0 Å². The number of fused-ring (bicyclic) bond motifs is 3. The topological polar surface area (TPSA) is 80.5 Å². The number of nitrogens with one attached hydrogen (secondary N) is 2. The van der Waals surface area contributed by atoms with E-state index in [9.17, 15) is 4.79 Å². The molecular formula is C16H13BrN6OS. The molecule has 126 valence electrons. The van der Waals surface area contributed by atoms with Crippen LogP contribution < -0.4 is 10.9 Å². The molecule has 1 aromatic heterocycles. The predicted molar refractivity (Wildman–Crippen MR) is 103 cm³/mol. The number of hydrogen-bond acceptors (Lipinski definition) is 4. The van der Waals surface area contributed by atoms with Gasteiger partial charge in [0.2, 0.25) is 0 Å². The van der Waals surface area contributed by atoms with Gasteiger partial charge in [-0.15, -0.1) is 0 Å². The normalized spacial score (nSPS) is 11.3. The van der Waals surface area contributed by atoms with Crippen LogP contribution in [0.1, 0.15) is 6.92 Å². The van der Waals surface area contributed by atoms with Crippen molar-refractivity contribution in [3.8, 4) is 16.9 Å². The monoisotopic (exact) mass is 416 g/mol. The molecule has 0 radical (unpaired) electrons. The SMILES string of the molecule is CCNC(=S)n1ncc2c3nn(-c4ccc(Br)cc4)c(=O)c-3c[nH]c21. The van der Waals surface area contributed by atoms with Crippen molar-refractivity contribution >= 4 is 44.3 Å². The van der Waals surface area contributed by atoms with Gasteiger partial charge in [0.05, 0.1) is 22.8 Å². The standard InChI is InChI=1S/C16H13BrN6OS/c1-2-18-16(25)23-14-11(8-20-23)13-12(7-19-14)15(24)22(21-13)10-5-3-9(17)4-6-10/h3-8,19H,2H2,1H3,(H,18,25). The second-order valence-corrected chi connectivity index (χ2v) is 6.70. The van der Waals surface area contributed by atoms with Gasteiger partial charge in [-0.05, 0) is 43.4 Å². The molecule has 9 heteroatoms. The molecule has 0 fully saturated rings. The molecule has 4 rings (SSSR count). The molecule has 7 nitrogen and oxygen atoms in total. The van der Waals surface area contributed by atoms with Crippen molar-refractivity contribution in [3.05, 3.63) is 51.5 Å². The van der Waals surface area contributed by atoms with E-state index in [-0.39, 0.29) is 5.56 Å². The molecule has 0 saturated carbocycles. The first-order valence-corrected chi connectivity index (χ1v) is 8.82. The van der Waals surface area contributed by atoms with Crippen molar-refractivity contribution in [3.63, 3.8) is 0 Å². The highest BCUT2D eigenvalue weighted by Crippen LogP contribution is 2.26. The average Bonchev–Trinajstić information content (AvgIpc) is 3.17. The molecule has 0 aliphatic carbocycles. The molecular weight excluding hydrogens is 404 g/mol. The molecule has 0 spiro atoms. The summed E-state index contributed by atoms with van der Waals surface area (Å²) in [7, 11) is 0. The van der Waals surface area contributed by atoms with Gasteiger partial charge < -0.3 is 10.3 Å². The van der Waals surface area contributed by atoms with E-state index < -0.39 is 0 Å². The lowest BCUT2D eigenvalue weighted by Gasteiger charge is -2.06. The molecule has 0 unspecified atom stereocenters. The van der Waals surface area contributed by atoms with Crippen molar-refractivity contribution in [2.75, 3.05) is 6.54 Å². The Hall–Kier alpha value is -2.52. The van der Waals surface area contributed by atoms with Crippen LogP contribution in [0.2, 0.25) is 0 Å². The fraction of sp³-hybridized carbons (Fsp3) is 0.125. The Labute approximate surface area is 156 Å². The zero-order valence-corrected chi connectivity index (χ0v) is 15.6. The minimum atomic E-state index is -0.183. The summed E-state index contributed by atoms with van der Waals surface area (Å²) >= 11 is 8.71. The van der Waals surface area contributed by atoms with Crippen LogP contribution in [0, 0.1) is 0 Å². The molecule has 0 amide bonds. The van der Waals surface area contributed by atoms with Crippen molar-refractivity contribution < 1.29 is 0 Å². The smallest absolute Gasteiger partial charge is 0.282 e. The second kappa shape index (κ2) is 6.08. The first-order valence-electron chi connectivity index (χ1n) is 7.62. The summed E-state index contributed by atoms with van der Waals surface area (Å²) in [5, 5.41) is 13.1. The van der Waals surface area contributed by atoms with Crippen molar-refractivity contribution in [1.29, 1.82) is 0 Å². The highest BCUT2D eigenvalue weighted by Gasteiger charge is 2.21. The molecule has 3 heterocycles. The van der Waals surface area contributed by atoms with Gasteiger partial charge >= 0.3 is 0 Å². The summed E-state index contributed by atoms with van der Waals surface area (Å²) in [4.78, 5) is 15.8. The zero-order valence-electron chi connectivity index (χ0n) is 13.2. The van der Waals surface area contributed by atoms with Gasteiger partial charge in [0, 0.05) is 17.2 Å². The molecule has 0 saturated heterocycles. The third-order valence-corrected chi connectivity index (χ3v) is 4.69. The minimum absolute atomic E-state index is 0.183. The fourth-order valence-corrected chi connectivity index (χ4v) is 3.23. The van der Waals surface area contributed by atoms with Crippen LogP contribution in [-0.4, -0.2) is 36.2 Å². The van der Waals surface area contributed by atoms with E-state index in [1.54, 1.807) is 17.1 Å². The molecule has 1 aromatic carbocycles. The van der Waals surface area contributed by atoms with Gasteiger partial charge in [-0.25, -0.2) is 0 Å². The number of hydrogen-bond donors (Lipinski definition) is 2. The van der Waals surface area contributed by atoms with E-state index in [0.717, 1.165) is 9.86 Å². The number of nitrogens with zero attached hydrogens (tertiary/aromatic N) is 4. The van der Waals surface area contributed by atoms with Crippen LogP contribution in [-0.2, 0) is 0 Å². The third-order valence-electron chi connectivity index (χ3n) is 3.85. The third kappa shape index (κ3) is 2.56. The quantitative estimate of drug-likeness (QED) is 0.490. The van der Waals surface area contributed by atoms with Crippen molar-refractivity contribution in [1.82, 2.24) is 29.9 Å². The highest BCUT2D eigenvalue weighted by molar-refractivity contribution is 9.10. The number of rotatable bonds is 2. The van der Waals surface area contributed by atoms with Crippen LogP contribution in [0.5, 0.6) is 0 Å². The zero-order chi connectivity index (χ0) is 17.6. The van der Waals surface area contributed by atoms with Crippen LogP contribution in [0.3, 0.4) is 0 Å². The maximum atomic E-state index is 12.7. The largest absolute Gasteiger partial charge is 0.361 e. The lowest BCUT2D eigenvalue weighted by atomic mass is 10.2. The summed E-state index contributed by atoms with van der Waals surface area (Å²) in [5.74, 6) is 0. The van der Waals surface area contributed by atoms with Gasteiger partial charge in [-0.2, -0.15) is 19.6 Å². The number of benzene rings is 1. The molecule has 2 aliphatic rings. The van der Waals surface area contributed by atoms with Gasteiger partial charge in [-0.3, -0.25) is 4.79 Å². The van der Waals surface area contributed by atoms with Crippen LogP contribution in [0.4, 0.5) is 0 Å². The minimum Gasteiger partial charge on any atom is -0.361 e. The predicted octanol–water partition coefficient (Wildman–Crippen LogP) is 2.52. The summed E-state index contributed by atoms with van der Waals surface area (Å²) in [6.07, 6.45) is 3.31. The fourth-order valence-electron chi connectivity index (χ4n) is 2.68. The van der Waals surface area contributed by atoms with E-state index in [1.807, 2.05) is 31.2 Å². The number of halogens is 1. The highest BCUT2D eigenvalue weighted by atomic mass is 79.9. The summed E-state index contributed by atoms with van der Waals surface area (Å²) in [6.45, 7) is 2.66. The molecule has 0 atom stereocenters. The van der Waals surface area contributed by atoms with E-state index in [4.69, 9.17) is 12.2 Å². The summed E-state index contributed by atoms with van der Waals surface area (Å²) < 4.78 is 3.93. The molecule has 0 bridgehead atoms. The number of H-pyrrole nitrogens is 1. The Morgan fingerprint density at radius 2 is 2.12 bits per heavy atom. The maximum absolute atomic E-state index is 12.7. The molecule has 25 heavy (non-hydrogen) atoms. The summed E-state index contributed by atoms with van der Waals surface area (Å²) in [6, 6.07) is 7.41. The van der Waals surface area contributed by atoms with E-state index in [1.165, 1.54) is 4.68 Å². The van der Waals surface area contributed by atoms with E-state index in [0.29, 0.717) is 34.2 Å². The Morgan fingerprint density at radius 1 is 1.36 bits per heavy atom. The first kappa shape index (κ1) is 16.0. The summed E-state index contributed by atoms with van der Waals surface area (Å²) in [5.41, 5.74) is 2.31. The Morgan fingerprint density at radius 3 is 2.84 bits per heavy atom. The van der Waals surface area contributed by atoms with Gasteiger partial charge in [0.15, 0.2) is 5.11 Å². The molecule has 2 N–H and O–H groups in total. The number of aromatic amines is 1. The number of aromatic nitrogens is 5. The van der Waals surface area contributed by atoms with Gasteiger partial charge in [-0.1, -0.05) is 15.9 Å². The number of thiocarbonyl (C=S) groups is 1. The lowest BCUT2D eigenvalue weighted by molar-refractivity contribution is 0.859. The van der Waals surface area contributed by atoms with Crippen LogP contribution in [0.15, 0.2) is 45.9 Å². The van der Waals surface area contributed by atoms with Crippen LogP contribution in [0.25, 0.3) is 28.0 Å². The Balaban J connectivity index is 1.92. The van der Waals surface area contributed by atoms with Gasteiger partial charge in [0.1, 0.15) is 11.3 Å². The molecule has 2 aromatic rings. The van der Waals surface area contributed by atoms with Gasteiger partial charge in [0.25, 0.3) is 5.56 Å². The first-order chi connectivity index (χ1) is 12.1. The second-order valence-electron chi connectivity index (χ2n) is 5.40. The van der Waals surface area contributed by atoms with E-state index in [2.05, 4.69) is 36.4 Å². The molecule has 2 aliphatic heterocycles. The lowest BCUT2D eigenvalue weighted by Crippen LogP contribution is -2.28. The van der Waals surface area contributed by atoms with Crippen LogP contribution >= 0.6 is 28.1 Å². The Kier molecular flexibility index (Phi) is 3.89. The number of pyridine rings is 1.